The molecular formula is C5H9NO4. The van der Waals surface area contributed by atoms with Crippen LogP contribution >= 0.6 is 0 Å². The summed E-state index contributed by atoms with van der Waals surface area (Å²) in [6.45, 7) is 0.0156. The first-order valence-electron chi connectivity index (χ1n) is 2.92. The second-order valence-corrected chi connectivity index (χ2v) is 2.23. The van der Waals surface area contributed by atoms with Crippen LogP contribution in [0.3, 0.4) is 0 Å². The van der Waals surface area contributed by atoms with E-state index in [0.29, 0.717) is 0 Å². The zero-order valence-electron chi connectivity index (χ0n) is 5.37. The topological polar surface area (TPSA) is 81.8 Å². The van der Waals surface area contributed by atoms with Gasteiger partial charge in [-0.25, -0.2) is 9.78 Å². The van der Waals surface area contributed by atoms with Gasteiger partial charge in [0.1, 0.15) is 6.61 Å². The van der Waals surface area contributed by atoms with Gasteiger partial charge in [-0.05, 0) is 0 Å². The van der Waals surface area contributed by atoms with Crippen LogP contribution in [0.25, 0.3) is 0 Å². The average molecular weight is 147 g/mol. The Morgan fingerprint density at radius 3 is 2.60 bits per heavy atom. The minimum atomic E-state index is -1.53. The number of carbonyl (C=O) groups excluding carboxylic acids is 1. The first kappa shape index (κ1) is 7.46. The van der Waals surface area contributed by atoms with Crippen LogP contribution in [0, 0.1) is 0 Å². The molecule has 1 atom stereocenters. The lowest BCUT2D eigenvalue weighted by Gasteiger charge is -2.27. The van der Waals surface area contributed by atoms with Crippen molar-refractivity contribution in [3.8, 4) is 0 Å². The lowest BCUT2D eigenvalue weighted by atomic mass is 10.0. The third-order valence-corrected chi connectivity index (χ3v) is 1.44. The van der Waals surface area contributed by atoms with Gasteiger partial charge in [0.25, 0.3) is 5.91 Å². The zero-order chi connectivity index (χ0) is 7.61. The summed E-state index contributed by atoms with van der Waals surface area (Å²) in [5, 5.41) is 9.27. The summed E-state index contributed by atoms with van der Waals surface area (Å²) >= 11 is 0. The third-order valence-electron chi connectivity index (χ3n) is 1.44. The highest BCUT2D eigenvalue weighted by atomic mass is 17.2. The van der Waals surface area contributed by atoms with E-state index < -0.39 is 11.5 Å². The number of hydrogen-bond acceptors (Lipinski definition) is 4. The Bertz CT molecular complexity index is 141. The van der Waals surface area contributed by atoms with Gasteiger partial charge in [-0.1, -0.05) is 0 Å². The van der Waals surface area contributed by atoms with Crippen molar-refractivity contribution >= 4 is 5.91 Å². The molecule has 0 aromatic carbocycles. The Kier molecular flexibility index (Phi) is 1.89. The van der Waals surface area contributed by atoms with Crippen molar-refractivity contribution in [1.82, 2.24) is 0 Å². The van der Waals surface area contributed by atoms with Gasteiger partial charge in [-0.2, -0.15) is 0 Å². The van der Waals surface area contributed by atoms with Crippen molar-refractivity contribution in [2.75, 3.05) is 13.2 Å². The molecule has 1 amide bonds. The van der Waals surface area contributed by atoms with Gasteiger partial charge < -0.3 is 10.8 Å². The molecule has 58 valence electrons. The van der Waals surface area contributed by atoms with Crippen molar-refractivity contribution in [3.05, 3.63) is 0 Å². The van der Waals surface area contributed by atoms with Crippen molar-refractivity contribution in [3.63, 3.8) is 0 Å². The quantitative estimate of drug-likeness (QED) is 0.445. The maximum Gasteiger partial charge on any atom is 0.252 e. The fourth-order valence-electron chi connectivity index (χ4n) is 0.675. The molecule has 1 aliphatic rings. The molecule has 0 aromatic heterocycles. The van der Waals surface area contributed by atoms with E-state index in [1.54, 1.807) is 0 Å². The van der Waals surface area contributed by atoms with Gasteiger partial charge in [0.15, 0.2) is 5.60 Å². The summed E-state index contributed by atoms with van der Waals surface area (Å²) in [6.07, 6.45) is 0.197. The van der Waals surface area contributed by atoms with Crippen LogP contribution in [0.15, 0.2) is 0 Å². The molecule has 0 aliphatic carbocycles. The molecule has 3 N–H and O–H groups in total. The number of carbonyl (C=O) groups is 1. The van der Waals surface area contributed by atoms with E-state index in [0.717, 1.165) is 0 Å². The predicted molar refractivity (Wildman–Crippen MR) is 30.7 cm³/mol. The number of nitrogens with two attached hydrogens (primary N) is 1. The van der Waals surface area contributed by atoms with Crippen molar-refractivity contribution in [2.24, 2.45) is 5.73 Å². The largest absolute Gasteiger partial charge is 0.377 e. The Labute approximate surface area is 57.6 Å². The third kappa shape index (κ3) is 1.26. The summed E-state index contributed by atoms with van der Waals surface area (Å²) < 4.78 is 0. The molecule has 1 aliphatic heterocycles. The van der Waals surface area contributed by atoms with Gasteiger partial charge in [-0.3, -0.25) is 4.79 Å². The molecule has 5 nitrogen and oxygen atoms in total. The second-order valence-electron chi connectivity index (χ2n) is 2.23. The Morgan fingerprint density at radius 1 is 1.60 bits per heavy atom. The van der Waals surface area contributed by atoms with E-state index in [4.69, 9.17) is 5.73 Å². The molecule has 1 heterocycles. The standard InChI is InChI=1S/C5H9NO4/c6-4(7)5(8)1-2-9-10-3-5/h8H,1-3H2,(H2,6,7). The van der Waals surface area contributed by atoms with Crippen LogP contribution in [0.1, 0.15) is 6.42 Å². The molecule has 0 spiro atoms. The highest BCUT2D eigenvalue weighted by Crippen LogP contribution is 2.15. The second kappa shape index (κ2) is 2.53. The smallest absolute Gasteiger partial charge is 0.252 e. The molecule has 0 aromatic rings. The SMILES string of the molecule is NC(=O)C1(O)CCOOC1. The number of amides is 1. The fourth-order valence-corrected chi connectivity index (χ4v) is 0.675. The van der Waals surface area contributed by atoms with Crippen LogP contribution in [0.4, 0.5) is 0 Å². The van der Waals surface area contributed by atoms with E-state index in [9.17, 15) is 9.90 Å². The van der Waals surface area contributed by atoms with Gasteiger partial charge in [0, 0.05) is 6.42 Å². The van der Waals surface area contributed by atoms with E-state index in [2.05, 4.69) is 9.78 Å². The molecule has 1 unspecified atom stereocenters. The highest BCUT2D eigenvalue weighted by Gasteiger charge is 2.37. The molecular weight excluding hydrogens is 138 g/mol. The van der Waals surface area contributed by atoms with Crippen molar-refractivity contribution in [2.45, 2.75) is 12.0 Å². The Balaban J connectivity index is 2.56. The molecule has 0 bridgehead atoms. The maximum atomic E-state index is 10.5. The van der Waals surface area contributed by atoms with E-state index in [1.165, 1.54) is 0 Å². The number of aliphatic hydroxyl groups is 1. The van der Waals surface area contributed by atoms with E-state index in [1.807, 2.05) is 0 Å². The van der Waals surface area contributed by atoms with Gasteiger partial charge in [0.2, 0.25) is 0 Å². The zero-order valence-corrected chi connectivity index (χ0v) is 5.37. The van der Waals surface area contributed by atoms with Gasteiger partial charge in [-0.15, -0.1) is 0 Å². The predicted octanol–water partition coefficient (Wildman–Crippen LogP) is -1.45. The molecule has 1 rings (SSSR count). The highest BCUT2D eigenvalue weighted by molar-refractivity contribution is 5.83. The van der Waals surface area contributed by atoms with Crippen LogP contribution in [0.2, 0.25) is 0 Å². The maximum absolute atomic E-state index is 10.5. The first-order chi connectivity index (χ1) is 4.65. The van der Waals surface area contributed by atoms with E-state index >= 15 is 0 Å². The molecule has 1 fully saturated rings. The monoisotopic (exact) mass is 147 g/mol. The van der Waals surface area contributed by atoms with E-state index in [-0.39, 0.29) is 19.6 Å². The minimum absolute atomic E-state index is 0.178. The van der Waals surface area contributed by atoms with Crippen LogP contribution in [0.5, 0.6) is 0 Å². The summed E-state index contributed by atoms with van der Waals surface area (Å²) in [7, 11) is 0. The number of primary amides is 1. The normalized spacial score (nSPS) is 33.7. The molecule has 10 heavy (non-hydrogen) atoms. The Hall–Kier alpha value is -0.650. The summed E-state index contributed by atoms with van der Waals surface area (Å²) in [5.41, 5.74) is 3.35. The summed E-state index contributed by atoms with van der Waals surface area (Å²) in [4.78, 5) is 19.4. The lowest BCUT2D eigenvalue weighted by molar-refractivity contribution is -0.342. The molecule has 0 radical (unpaired) electrons. The lowest BCUT2D eigenvalue weighted by Crippen LogP contribution is -2.50. The first-order valence-corrected chi connectivity index (χ1v) is 2.92. The summed E-state index contributed by atoms with van der Waals surface area (Å²) in [6, 6.07) is 0. The molecule has 1 saturated heterocycles. The Morgan fingerprint density at radius 2 is 2.30 bits per heavy atom. The van der Waals surface area contributed by atoms with Gasteiger partial charge >= 0.3 is 0 Å². The minimum Gasteiger partial charge on any atom is -0.377 e. The summed E-state index contributed by atoms with van der Waals surface area (Å²) in [5.74, 6) is -0.768. The average Bonchev–Trinajstić information content (AvgIpc) is 1.89. The van der Waals surface area contributed by atoms with Crippen molar-refractivity contribution < 1.29 is 19.7 Å². The number of rotatable bonds is 1. The molecule has 5 heteroatoms. The molecule has 0 saturated carbocycles. The van der Waals surface area contributed by atoms with Crippen LogP contribution in [-0.4, -0.2) is 29.8 Å². The number of hydrogen-bond donors (Lipinski definition) is 2. The fraction of sp³-hybridized carbons (Fsp3) is 0.800. The van der Waals surface area contributed by atoms with Crippen LogP contribution < -0.4 is 5.73 Å². The van der Waals surface area contributed by atoms with Gasteiger partial charge in [0.05, 0.1) is 6.61 Å². The van der Waals surface area contributed by atoms with Crippen LogP contribution in [-0.2, 0) is 14.6 Å². The van der Waals surface area contributed by atoms with Crippen molar-refractivity contribution in [1.29, 1.82) is 0 Å².